The van der Waals surface area contributed by atoms with Crippen molar-refractivity contribution in [2.45, 2.75) is 13.8 Å². The van der Waals surface area contributed by atoms with E-state index in [0.717, 1.165) is 0 Å². The van der Waals surface area contributed by atoms with Gasteiger partial charge in [0, 0.05) is 16.1 Å². The van der Waals surface area contributed by atoms with E-state index in [1.165, 1.54) is 6.07 Å². The van der Waals surface area contributed by atoms with Gasteiger partial charge in [-0.05, 0) is 32.0 Å². The number of benzene rings is 1. The molecule has 0 amide bonds. The molecule has 5 heteroatoms. The Morgan fingerprint density at radius 2 is 1.82 bits per heavy atom. The Balaban J connectivity index is 2.68. The maximum Gasteiger partial charge on any atom is 0.136 e. The van der Waals surface area contributed by atoms with Gasteiger partial charge in [-0.25, -0.2) is 14.4 Å². The second-order valence-corrected chi connectivity index (χ2v) is 4.45. The largest absolute Gasteiger partial charge is 0.233 e. The molecule has 0 fully saturated rings. The summed E-state index contributed by atoms with van der Waals surface area (Å²) in [4.78, 5) is 8.23. The Morgan fingerprint density at radius 3 is 2.47 bits per heavy atom. The Bertz CT molecular complexity index is 585. The van der Waals surface area contributed by atoms with E-state index in [0.29, 0.717) is 32.8 Å². The topological polar surface area (TPSA) is 25.8 Å². The van der Waals surface area contributed by atoms with Crippen LogP contribution in [0.15, 0.2) is 18.2 Å². The molecule has 1 heterocycles. The van der Waals surface area contributed by atoms with Crippen LogP contribution >= 0.6 is 23.2 Å². The average molecular weight is 271 g/mol. The predicted octanol–water partition coefficient (Wildman–Crippen LogP) is 4.21. The van der Waals surface area contributed by atoms with Crippen molar-refractivity contribution in [3.05, 3.63) is 45.6 Å². The Hall–Kier alpha value is -1.19. The summed E-state index contributed by atoms with van der Waals surface area (Å²) in [6.07, 6.45) is 0. The number of aromatic nitrogens is 2. The van der Waals surface area contributed by atoms with E-state index >= 15 is 0 Å². The van der Waals surface area contributed by atoms with Crippen molar-refractivity contribution in [3.63, 3.8) is 0 Å². The molecule has 0 saturated carbocycles. The molecular formula is C12H9Cl2FN2. The molecule has 0 radical (unpaired) electrons. The number of hydrogen-bond acceptors (Lipinski definition) is 2. The fourth-order valence-electron chi connectivity index (χ4n) is 1.54. The SMILES string of the molecule is Cc1nc(Cl)c(C)c(-c2ccc(Cl)cc2F)n1. The number of rotatable bonds is 1. The van der Waals surface area contributed by atoms with Crippen LogP contribution < -0.4 is 0 Å². The van der Waals surface area contributed by atoms with Gasteiger partial charge < -0.3 is 0 Å². The number of halogens is 3. The second-order valence-electron chi connectivity index (χ2n) is 3.66. The van der Waals surface area contributed by atoms with Crippen molar-refractivity contribution in [1.82, 2.24) is 9.97 Å². The van der Waals surface area contributed by atoms with Gasteiger partial charge in [0.1, 0.15) is 16.8 Å². The highest BCUT2D eigenvalue weighted by molar-refractivity contribution is 6.31. The molecule has 1 aromatic carbocycles. The zero-order valence-corrected chi connectivity index (χ0v) is 10.8. The number of aryl methyl sites for hydroxylation is 1. The van der Waals surface area contributed by atoms with Crippen LogP contribution in [0.2, 0.25) is 10.2 Å². The van der Waals surface area contributed by atoms with Gasteiger partial charge in [-0.1, -0.05) is 23.2 Å². The first-order chi connectivity index (χ1) is 7.99. The summed E-state index contributed by atoms with van der Waals surface area (Å²) in [6, 6.07) is 4.45. The van der Waals surface area contributed by atoms with Gasteiger partial charge in [0.05, 0.1) is 5.69 Å². The lowest BCUT2D eigenvalue weighted by molar-refractivity contribution is 0.630. The fourth-order valence-corrected chi connectivity index (χ4v) is 1.91. The molecule has 1 aromatic heterocycles. The molecule has 88 valence electrons. The third-order valence-corrected chi connectivity index (χ3v) is 2.99. The lowest BCUT2D eigenvalue weighted by Gasteiger charge is -2.08. The molecule has 17 heavy (non-hydrogen) atoms. The monoisotopic (exact) mass is 270 g/mol. The Morgan fingerprint density at radius 1 is 1.12 bits per heavy atom. The van der Waals surface area contributed by atoms with Crippen molar-refractivity contribution >= 4 is 23.2 Å². The van der Waals surface area contributed by atoms with Crippen LogP contribution in [-0.4, -0.2) is 9.97 Å². The van der Waals surface area contributed by atoms with Gasteiger partial charge in [-0.15, -0.1) is 0 Å². The third kappa shape index (κ3) is 2.40. The molecule has 0 aliphatic carbocycles. The van der Waals surface area contributed by atoms with E-state index in [1.54, 1.807) is 26.0 Å². The fraction of sp³-hybridized carbons (Fsp3) is 0.167. The van der Waals surface area contributed by atoms with E-state index in [2.05, 4.69) is 9.97 Å². The van der Waals surface area contributed by atoms with Crippen molar-refractivity contribution < 1.29 is 4.39 Å². The normalized spacial score (nSPS) is 10.6. The zero-order valence-electron chi connectivity index (χ0n) is 9.26. The van der Waals surface area contributed by atoms with Crippen molar-refractivity contribution in [1.29, 1.82) is 0 Å². The molecular weight excluding hydrogens is 262 g/mol. The third-order valence-electron chi connectivity index (χ3n) is 2.38. The van der Waals surface area contributed by atoms with Gasteiger partial charge >= 0.3 is 0 Å². The van der Waals surface area contributed by atoms with Crippen LogP contribution in [0.3, 0.4) is 0 Å². The summed E-state index contributed by atoms with van der Waals surface area (Å²) in [5, 5.41) is 0.683. The minimum absolute atomic E-state index is 0.335. The molecule has 2 rings (SSSR count). The average Bonchev–Trinajstić information content (AvgIpc) is 2.24. The first kappa shape index (κ1) is 12.3. The van der Waals surface area contributed by atoms with Gasteiger partial charge in [0.25, 0.3) is 0 Å². The summed E-state index contributed by atoms with van der Waals surface area (Å²) in [7, 11) is 0. The van der Waals surface area contributed by atoms with E-state index in [4.69, 9.17) is 23.2 Å². The maximum atomic E-state index is 13.8. The van der Waals surface area contributed by atoms with Crippen molar-refractivity contribution in [2.24, 2.45) is 0 Å². The standard InChI is InChI=1S/C12H9Cl2FN2/c1-6-11(16-7(2)17-12(6)14)9-4-3-8(13)5-10(9)15/h3-5H,1-2H3. The summed E-state index contributed by atoms with van der Waals surface area (Å²) >= 11 is 11.7. The Kier molecular flexibility index (Phi) is 3.31. The molecule has 0 spiro atoms. The summed E-state index contributed by atoms with van der Waals surface area (Å²) < 4.78 is 13.8. The quantitative estimate of drug-likeness (QED) is 0.726. The van der Waals surface area contributed by atoms with Crippen LogP contribution in [0, 0.1) is 19.7 Å². The molecule has 2 nitrogen and oxygen atoms in total. The molecule has 0 bridgehead atoms. The minimum atomic E-state index is -0.422. The molecule has 0 aliphatic heterocycles. The highest BCUT2D eigenvalue weighted by Crippen LogP contribution is 2.29. The predicted molar refractivity (Wildman–Crippen MR) is 66.9 cm³/mol. The number of hydrogen-bond donors (Lipinski definition) is 0. The lowest BCUT2D eigenvalue weighted by Crippen LogP contribution is -1.98. The van der Waals surface area contributed by atoms with Crippen molar-refractivity contribution in [3.8, 4) is 11.3 Å². The number of nitrogens with zero attached hydrogens (tertiary/aromatic N) is 2. The van der Waals surface area contributed by atoms with E-state index in [9.17, 15) is 4.39 Å². The smallest absolute Gasteiger partial charge is 0.136 e. The van der Waals surface area contributed by atoms with E-state index < -0.39 is 5.82 Å². The highest BCUT2D eigenvalue weighted by atomic mass is 35.5. The van der Waals surface area contributed by atoms with Crippen LogP contribution in [0.25, 0.3) is 11.3 Å². The molecule has 0 N–H and O–H groups in total. The van der Waals surface area contributed by atoms with Crippen LogP contribution in [0.4, 0.5) is 4.39 Å². The molecule has 0 unspecified atom stereocenters. The van der Waals surface area contributed by atoms with Gasteiger partial charge in [-0.2, -0.15) is 0 Å². The van der Waals surface area contributed by atoms with Crippen LogP contribution in [0.1, 0.15) is 11.4 Å². The van der Waals surface area contributed by atoms with Gasteiger partial charge in [0.15, 0.2) is 0 Å². The Labute approximate surface area is 108 Å². The van der Waals surface area contributed by atoms with Crippen LogP contribution in [0.5, 0.6) is 0 Å². The van der Waals surface area contributed by atoms with Crippen LogP contribution in [-0.2, 0) is 0 Å². The highest BCUT2D eigenvalue weighted by Gasteiger charge is 2.13. The molecule has 0 saturated heterocycles. The zero-order chi connectivity index (χ0) is 12.6. The minimum Gasteiger partial charge on any atom is -0.233 e. The van der Waals surface area contributed by atoms with Gasteiger partial charge in [0.2, 0.25) is 0 Å². The molecule has 0 atom stereocenters. The summed E-state index contributed by atoms with van der Waals surface area (Å²) in [6.45, 7) is 3.47. The molecule has 0 aliphatic rings. The maximum absolute atomic E-state index is 13.8. The lowest BCUT2D eigenvalue weighted by atomic mass is 10.1. The summed E-state index contributed by atoms with van der Waals surface area (Å²) in [5.74, 6) is 0.0831. The molecule has 2 aromatic rings. The second kappa shape index (κ2) is 4.59. The van der Waals surface area contributed by atoms with E-state index in [-0.39, 0.29) is 0 Å². The first-order valence-corrected chi connectivity index (χ1v) is 5.71. The van der Waals surface area contributed by atoms with Crippen molar-refractivity contribution in [2.75, 3.05) is 0 Å². The first-order valence-electron chi connectivity index (χ1n) is 4.95. The van der Waals surface area contributed by atoms with Gasteiger partial charge in [-0.3, -0.25) is 0 Å². The van der Waals surface area contributed by atoms with E-state index in [1.807, 2.05) is 0 Å². The summed E-state index contributed by atoms with van der Waals surface area (Å²) in [5.41, 5.74) is 1.52.